The van der Waals surface area contributed by atoms with Crippen LogP contribution in [0.3, 0.4) is 0 Å². The van der Waals surface area contributed by atoms with Crippen LogP contribution in [-0.4, -0.2) is 34.0 Å². The van der Waals surface area contributed by atoms with Crippen molar-refractivity contribution in [2.75, 3.05) is 6.61 Å². The van der Waals surface area contributed by atoms with Gasteiger partial charge in [0.05, 0.1) is 13.0 Å². The highest BCUT2D eigenvalue weighted by molar-refractivity contribution is 7.41. The summed E-state index contributed by atoms with van der Waals surface area (Å²) in [4.78, 5) is 17.3. The van der Waals surface area contributed by atoms with Crippen LogP contribution in [0.2, 0.25) is 0 Å². The van der Waals surface area contributed by atoms with Crippen molar-refractivity contribution in [3.63, 3.8) is 0 Å². The Balaban J connectivity index is 1.75. The number of carbonyl (C=O) groups is 1. The molecule has 8 heteroatoms. The first kappa shape index (κ1) is 23.3. The molecule has 168 valence electrons. The molecule has 0 amide bonds. The molecular weight excluding hydrogens is 403 g/mol. The summed E-state index contributed by atoms with van der Waals surface area (Å²) in [5.41, 5.74) is -1.76. The van der Waals surface area contributed by atoms with E-state index in [2.05, 4.69) is 24.0 Å². The molecule has 0 aliphatic heterocycles. The minimum Gasteiger partial charge on any atom is -0.457 e. The summed E-state index contributed by atoms with van der Waals surface area (Å²) < 4.78 is 28.7. The van der Waals surface area contributed by atoms with Crippen molar-refractivity contribution in [1.29, 1.82) is 0 Å². The van der Waals surface area contributed by atoms with Crippen LogP contribution in [0, 0.1) is 17.8 Å². The Bertz CT molecular complexity index is 754. The molecule has 0 N–H and O–H groups in total. The predicted octanol–water partition coefficient (Wildman–Crippen LogP) is 5.21. The van der Waals surface area contributed by atoms with Crippen molar-refractivity contribution >= 4 is 14.0 Å². The van der Waals surface area contributed by atoms with Crippen molar-refractivity contribution in [3.8, 4) is 0 Å². The van der Waals surface area contributed by atoms with Crippen molar-refractivity contribution in [2.24, 2.45) is 17.8 Å². The third-order valence-electron chi connectivity index (χ3n) is 6.18. The van der Waals surface area contributed by atoms with Crippen LogP contribution in [0.1, 0.15) is 85.4 Å². The van der Waals surface area contributed by atoms with E-state index in [1.54, 1.807) is 27.7 Å². The molecule has 30 heavy (non-hydrogen) atoms. The van der Waals surface area contributed by atoms with Gasteiger partial charge in [0.1, 0.15) is 5.60 Å². The lowest BCUT2D eigenvalue weighted by Crippen LogP contribution is -2.39. The second-order valence-electron chi connectivity index (χ2n) is 10.5. The Labute approximate surface area is 180 Å². The first-order valence-corrected chi connectivity index (χ1v) is 12.4. The Morgan fingerprint density at radius 1 is 1.27 bits per heavy atom. The molecule has 0 aromatic carbocycles. The lowest BCUT2D eigenvalue weighted by molar-refractivity contribution is -0.154. The Hall–Kier alpha value is -1.33. The minimum atomic E-state index is -2.24. The number of hydrogen-bond donors (Lipinski definition) is 0. The molecular formula is C22H36N2O5P+. The molecule has 4 atom stereocenters. The molecule has 0 saturated heterocycles. The monoisotopic (exact) mass is 439 g/mol. The topological polar surface area (TPSA) is 91.5 Å². The minimum absolute atomic E-state index is 0.0527. The van der Waals surface area contributed by atoms with Crippen LogP contribution in [-0.2, 0) is 30.5 Å². The quantitative estimate of drug-likeness (QED) is 0.426. The van der Waals surface area contributed by atoms with Crippen molar-refractivity contribution in [2.45, 2.75) is 96.7 Å². The lowest BCUT2D eigenvalue weighted by atomic mass is 9.59. The molecule has 3 rings (SSSR count). The van der Waals surface area contributed by atoms with E-state index in [9.17, 15) is 9.36 Å². The number of carbonyl (C=O) groups excluding carboxylic acids is 1. The van der Waals surface area contributed by atoms with Crippen LogP contribution in [0.15, 0.2) is 4.52 Å². The highest BCUT2D eigenvalue weighted by Gasteiger charge is 2.46. The summed E-state index contributed by atoms with van der Waals surface area (Å²) >= 11 is 0. The average molecular weight is 440 g/mol. The zero-order chi connectivity index (χ0) is 22.1. The van der Waals surface area contributed by atoms with Gasteiger partial charge in [-0.15, -0.1) is 4.52 Å². The van der Waals surface area contributed by atoms with E-state index >= 15 is 0 Å². The Morgan fingerprint density at radius 3 is 2.47 bits per heavy atom. The first-order chi connectivity index (χ1) is 14.0. The summed E-state index contributed by atoms with van der Waals surface area (Å²) in [5.74, 6) is 2.67. The van der Waals surface area contributed by atoms with Gasteiger partial charge in [0.15, 0.2) is 5.82 Å². The number of aromatic nitrogens is 2. The second-order valence-corrected chi connectivity index (χ2v) is 11.9. The molecule has 1 aromatic rings. The standard InChI is InChI=1S/C22H36N2O5P/c1-7-27-30(26)17(19(25)28-21(3,4)5)11-18-23-20(24-29-18)22(6)12-15-8-14(2)9-16(10-15)13-22/h14-17H,7-13H2,1-6H3/q+1. The number of rotatable bonds is 7. The molecule has 7 nitrogen and oxygen atoms in total. The summed E-state index contributed by atoms with van der Waals surface area (Å²) in [7, 11) is -2.24. The highest BCUT2D eigenvalue weighted by atomic mass is 31.1. The summed E-state index contributed by atoms with van der Waals surface area (Å²) in [5, 5.41) is 4.28. The van der Waals surface area contributed by atoms with Crippen LogP contribution in [0.5, 0.6) is 0 Å². The van der Waals surface area contributed by atoms with Gasteiger partial charge in [-0.2, -0.15) is 4.98 Å². The van der Waals surface area contributed by atoms with Gasteiger partial charge in [0, 0.05) is 5.41 Å². The van der Waals surface area contributed by atoms with Crippen LogP contribution in [0.25, 0.3) is 0 Å². The van der Waals surface area contributed by atoms with Gasteiger partial charge >= 0.3 is 14.0 Å². The summed E-state index contributed by atoms with van der Waals surface area (Å²) in [6.07, 6.45) is 6.03. The van der Waals surface area contributed by atoms with Crippen molar-refractivity contribution in [1.82, 2.24) is 10.1 Å². The molecule has 1 heterocycles. The van der Waals surface area contributed by atoms with E-state index in [-0.39, 0.29) is 18.4 Å². The number of esters is 1. The number of ether oxygens (including phenoxy) is 1. The zero-order valence-electron chi connectivity index (χ0n) is 19.1. The summed E-state index contributed by atoms with van der Waals surface area (Å²) in [6.45, 7) is 11.9. The van der Waals surface area contributed by atoms with E-state index in [0.717, 1.165) is 18.8 Å². The molecule has 0 radical (unpaired) electrons. The molecule has 2 aliphatic carbocycles. The molecule has 1 aromatic heterocycles. The Kier molecular flexibility index (Phi) is 7.03. The van der Waals surface area contributed by atoms with Gasteiger partial charge in [-0.1, -0.05) is 19.0 Å². The molecule has 2 saturated carbocycles. The van der Waals surface area contributed by atoms with Gasteiger partial charge in [-0.05, 0) is 82.1 Å². The Morgan fingerprint density at radius 2 is 1.90 bits per heavy atom. The molecule has 2 fully saturated rings. The van der Waals surface area contributed by atoms with E-state index in [1.807, 2.05) is 0 Å². The molecule has 2 bridgehead atoms. The van der Waals surface area contributed by atoms with Gasteiger partial charge in [0.25, 0.3) is 5.66 Å². The average Bonchev–Trinajstić information content (AvgIpc) is 3.06. The molecule has 2 aliphatic rings. The van der Waals surface area contributed by atoms with Gasteiger partial charge in [-0.3, -0.25) is 0 Å². The first-order valence-electron chi connectivity index (χ1n) is 11.1. The molecule has 0 spiro atoms. The fraction of sp³-hybridized carbons (Fsp3) is 0.864. The third kappa shape index (κ3) is 5.67. The normalized spacial score (nSPS) is 30.6. The lowest BCUT2D eigenvalue weighted by Gasteiger charge is -2.45. The van der Waals surface area contributed by atoms with Gasteiger partial charge in [-0.25, -0.2) is 4.79 Å². The van der Waals surface area contributed by atoms with E-state index in [1.165, 1.54) is 19.3 Å². The number of hydrogen-bond acceptors (Lipinski definition) is 7. The maximum Gasteiger partial charge on any atom is 0.523 e. The van der Waals surface area contributed by atoms with Gasteiger partial charge in [0.2, 0.25) is 5.89 Å². The SMILES string of the molecule is CCO[P+](=O)C(Cc1nc(C2(C)CC3CC(C)CC(C3)C2)no1)C(=O)OC(C)(C)C. The van der Waals surface area contributed by atoms with Crippen molar-refractivity contribution in [3.05, 3.63) is 11.7 Å². The van der Waals surface area contributed by atoms with E-state index in [0.29, 0.717) is 23.6 Å². The maximum absolute atomic E-state index is 12.6. The fourth-order valence-corrected chi connectivity index (χ4v) is 6.32. The van der Waals surface area contributed by atoms with Crippen LogP contribution < -0.4 is 0 Å². The fourth-order valence-electron chi connectivity index (χ4n) is 5.35. The maximum atomic E-state index is 12.6. The summed E-state index contributed by atoms with van der Waals surface area (Å²) in [6, 6.07) is 0. The van der Waals surface area contributed by atoms with Crippen LogP contribution in [0.4, 0.5) is 0 Å². The molecule has 4 unspecified atom stereocenters. The van der Waals surface area contributed by atoms with E-state index in [4.69, 9.17) is 13.8 Å². The largest absolute Gasteiger partial charge is 0.523 e. The van der Waals surface area contributed by atoms with Crippen molar-refractivity contribution < 1.29 is 23.1 Å². The number of nitrogens with zero attached hydrogens (tertiary/aromatic N) is 2. The smallest absolute Gasteiger partial charge is 0.457 e. The highest BCUT2D eigenvalue weighted by Crippen LogP contribution is 2.50. The second kappa shape index (κ2) is 9.04. The van der Waals surface area contributed by atoms with Crippen LogP contribution >= 0.6 is 8.03 Å². The predicted molar refractivity (Wildman–Crippen MR) is 113 cm³/mol. The third-order valence-corrected chi connectivity index (χ3v) is 7.60. The number of fused-ring (bicyclic) bond motifs is 2. The van der Waals surface area contributed by atoms with E-state index < -0.39 is 25.3 Å². The zero-order valence-corrected chi connectivity index (χ0v) is 20.0. The van der Waals surface area contributed by atoms with Gasteiger partial charge < -0.3 is 9.26 Å².